The van der Waals surface area contributed by atoms with Gasteiger partial charge in [-0.05, 0) is 39.4 Å². The van der Waals surface area contributed by atoms with Gasteiger partial charge in [0.15, 0.2) is 0 Å². The number of carboxylic acids is 1. The zero-order chi connectivity index (χ0) is 12.6. The summed E-state index contributed by atoms with van der Waals surface area (Å²) in [6.45, 7) is 4.07. The van der Waals surface area contributed by atoms with Crippen LogP contribution in [0.2, 0.25) is 0 Å². The molecule has 4 nitrogen and oxygen atoms in total. The molecule has 0 aromatic rings. The topological polar surface area (TPSA) is 75.3 Å². The van der Waals surface area contributed by atoms with E-state index in [4.69, 9.17) is 10.8 Å². The minimum Gasteiger partial charge on any atom is -0.481 e. The first kappa shape index (κ1) is 21.9. The number of aliphatic carboxylic acids is 1. The van der Waals surface area contributed by atoms with Gasteiger partial charge >= 0.3 is 5.97 Å². The van der Waals surface area contributed by atoms with E-state index < -0.39 is 5.97 Å². The van der Waals surface area contributed by atoms with Gasteiger partial charge in [-0.25, -0.2) is 0 Å². The van der Waals surface area contributed by atoms with Crippen molar-refractivity contribution in [2.75, 3.05) is 20.1 Å². The van der Waals surface area contributed by atoms with Crippen molar-refractivity contribution in [3.8, 4) is 0 Å². The lowest BCUT2D eigenvalue weighted by atomic mass is 10.1. The van der Waals surface area contributed by atoms with Gasteiger partial charge < -0.3 is 16.2 Å². The zero-order valence-corrected chi connectivity index (χ0v) is 12.0. The molecule has 0 saturated carbocycles. The molecule has 0 amide bonds. The summed E-state index contributed by atoms with van der Waals surface area (Å²) in [6.07, 6.45) is 6.74. The van der Waals surface area contributed by atoms with Crippen molar-refractivity contribution in [1.29, 1.82) is 0 Å². The number of halogens is 1. The molecule has 0 aliphatic rings. The van der Waals surface area contributed by atoms with Gasteiger partial charge in [0, 0.05) is 6.42 Å². The van der Waals surface area contributed by atoms with E-state index in [2.05, 4.69) is 12.2 Å². The standard InChI is InChI=1S/C7H15NO2.C5H13N.ClH/c8-6-4-2-1-3-5-7(9)10;1-3-4-5-6-2;/h1-6,8H2,(H,9,10);6H,3-5H2,1-2H3;1H. The molecular weight excluding hydrogens is 240 g/mol. The Kier molecular flexibility index (Phi) is 27.1. The van der Waals surface area contributed by atoms with E-state index in [9.17, 15) is 4.79 Å². The molecule has 0 atom stereocenters. The summed E-state index contributed by atoms with van der Waals surface area (Å²) in [4.78, 5) is 10.0. The van der Waals surface area contributed by atoms with E-state index >= 15 is 0 Å². The van der Waals surface area contributed by atoms with Crippen molar-refractivity contribution >= 4 is 18.4 Å². The molecule has 106 valence electrons. The molecule has 0 aromatic carbocycles. The SMILES string of the molecule is CCCCNC.Cl.NCCCCCCC(=O)O. The third-order valence-electron chi connectivity index (χ3n) is 2.13. The molecule has 0 saturated heterocycles. The van der Waals surface area contributed by atoms with Crippen molar-refractivity contribution in [3.63, 3.8) is 0 Å². The third-order valence-corrected chi connectivity index (χ3v) is 2.13. The molecule has 0 unspecified atom stereocenters. The summed E-state index contributed by atoms with van der Waals surface area (Å²) in [5.74, 6) is -0.701. The predicted molar refractivity (Wildman–Crippen MR) is 75.9 cm³/mol. The molecule has 0 rings (SSSR count). The van der Waals surface area contributed by atoms with E-state index in [0.29, 0.717) is 13.0 Å². The average molecular weight is 269 g/mol. The average Bonchev–Trinajstić information content (AvgIpc) is 2.26. The highest BCUT2D eigenvalue weighted by atomic mass is 35.5. The number of nitrogens with one attached hydrogen (secondary N) is 1. The number of hydrogen-bond donors (Lipinski definition) is 3. The summed E-state index contributed by atoms with van der Waals surface area (Å²) in [7, 11) is 1.98. The quantitative estimate of drug-likeness (QED) is 0.562. The van der Waals surface area contributed by atoms with Crippen molar-refractivity contribution in [2.45, 2.75) is 51.9 Å². The van der Waals surface area contributed by atoms with Crippen molar-refractivity contribution < 1.29 is 9.90 Å². The highest BCUT2D eigenvalue weighted by molar-refractivity contribution is 5.85. The second kappa shape index (κ2) is 21.0. The van der Waals surface area contributed by atoms with Gasteiger partial charge in [0.25, 0.3) is 0 Å². The van der Waals surface area contributed by atoms with E-state index in [-0.39, 0.29) is 12.4 Å². The maximum absolute atomic E-state index is 10.0. The molecule has 0 spiro atoms. The number of unbranched alkanes of at least 4 members (excludes halogenated alkanes) is 4. The Labute approximate surface area is 112 Å². The Morgan fingerprint density at radius 2 is 1.76 bits per heavy atom. The van der Waals surface area contributed by atoms with Crippen LogP contribution >= 0.6 is 12.4 Å². The minimum atomic E-state index is -0.701. The smallest absolute Gasteiger partial charge is 0.303 e. The first-order chi connectivity index (χ1) is 7.68. The number of rotatable bonds is 9. The molecule has 4 N–H and O–H groups in total. The molecule has 0 heterocycles. The molecule has 0 aliphatic carbocycles. The summed E-state index contributed by atoms with van der Waals surface area (Å²) in [5, 5.41) is 11.3. The van der Waals surface area contributed by atoms with Crippen LogP contribution in [0.4, 0.5) is 0 Å². The second-order valence-electron chi connectivity index (χ2n) is 3.80. The van der Waals surface area contributed by atoms with E-state index in [1.54, 1.807) is 0 Å². The molecule has 0 bridgehead atoms. The van der Waals surface area contributed by atoms with Gasteiger partial charge in [0.05, 0.1) is 0 Å². The van der Waals surface area contributed by atoms with Gasteiger partial charge in [0.2, 0.25) is 0 Å². The first-order valence-electron chi connectivity index (χ1n) is 6.25. The normalized spacial score (nSPS) is 8.88. The minimum absolute atomic E-state index is 0. The molecule has 17 heavy (non-hydrogen) atoms. The highest BCUT2D eigenvalue weighted by Crippen LogP contribution is 2.01. The second-order valence-corrected chi connectivity index (χ2v) is 3.80. The van der Waals surface area contributed by atoms with Crippen LogP contribution < -0.4 is 11.1 Å². The first-order valence-corrected chi connectivity index (χ1v) is 6.25. The summed E-state index contributed by atoms with van der Waals surface area (Å²) < 4.78 is 0. The summed E-state index contributed by atoms with van der Waals surface area (Å²) >= 11 is 0. The Balaban J connectivity index is -0.000000244. The van der Waals surface area contributed by atoms with Crippen LogP contribution in [0.1, 0.15) is 51.9 Å². The van der Waals surface area contributed by atoms with E-state index in [0.717, 1.165) is 32.2 Å². The number of nitrogens with two attached hydrogens (primary N) is 1. The summed E-state index contributed by atoms with van der Waals surface area (Å²) in [5.41, 5.74) is 5.25. The van der Waals surface area contributed by atoms with Crippen LogP contribution in [-0.2, 0) is 4.79 Å². The van der Waals surface area contributed by atoms with Crippen LogP contribution in [0.25, 0.3) is 0 Å². The number of carboxylic acid groups (broad SMARTS) is 1. The van der Waals surface area contributed by atoms with Gasteiger partial charge in [-0.2, -0.15) is 0 Å². The fourth-order valence-corrected chi connectivity index (χ4v) is 1.13. The molecule has 0 aromatic heterocycles. The van der Waals surface area contributed by atoms with Crippen molar-refractivity contribution in [3.05, 3.63) is 0 Å². The van der Waals surface area contributed by atoms with Crippen molar-refractivity contribution in [1.82, 2.24) is 5.32 Å². The van der Waals surface area contributed by atoms with Gasteiger partial charge in [-0.15, -0.1) is 12.4 Å². The summed E-state index contributed by atoms with van der Waals surface area (Å²) in [6, 6.07) is 0. The lowest BCUT2D eigenvalue weighted by Gasteiger charge is -1.95. The highest BCUT2D eigenvalue weighted by Gasteiger charge is 1.94. The lowest BCUT2D eigenvalue weighted by molar-refractivity contribution is -0.137. The fraction of sp³-hybridized carbons (Fsp3) is 0.917. The van der Waals surface area contributed by atoms with E-state index in [1.165, 1.54) is 12.8 Å². The Hall–Kier alpha value is -0.320. The molecule has 0 radical (unpaired) electrons. The Morgan fingerprint density at radius 3 is 2.12 bits per heavy atom. The van der Waals surface area contributed by atoms with Gasteiger partial charge in [0.1, 0.15) is 0 Å². The maximum atomic E-state index is 10.0. The van der Waals surface area contributed by atoms with Crippen LogP contribution in [0.5, 0.6) is 0 Å². The maximum Gasteiger partial charge on any atom is 0.303 e. The van der Waals surface area contributed by atoms with E-state index in [1.807, 2.05) is 7.05 Å². The fourth-order valence-electron chi connectivity index (χ4n) is 1.13. The van der Waals surface area contributed by atoms with Crippen LogP contribution in [0, 0.1) is 0 Å². The van der Waals surface area contributed by atoms with Gasteiger partial charge in [-0.1, -0.05) is 26.2 Å². The van der Waals surface area contributed by atoms with Gasteiger partial charge in [-0.3, -0.25) is 4.79 Å². The monoisotopic (exact) mass is 268 g/mol. The largest absolute Gasteiger partial charge is 0.481 e. The van der Waals surface area contributed by atoms with Crippen LogP contribution in [-0.4, -0.2) is 31.2 Å². The molecule has 0 fully saturated rings. The molecular formula is C12H29ClN2O2. The third kappa shape index (κ3) is 31.3. The number of hydrogen-bond acceptors (Lipinski definition) is 3. The Bertz CT molecular complexity index is 142. The lowest BCUT2D eigenvalue weighted by Crippen LogP contribution is -2.06. The van der Waals surface area contributed by atoms with Crippen LogP contribution in [0.3, 0.4) is 0 Å². The Morgan fingerprint density at radius 1 is 1.18 bits per heavy atom. The number of carbonyl (C=O) groups is 1. The van der Waals surface area contributed by atoms with Crippen molar-refractivity contribution in [2.24, 2.45) is 5.73 Å². The molecule has 5 heteroatoms. The predicted octanol–water partition coefficient (Wildman–Crippen LogP) is 2.41. The van der Waals surface area contributed by atoms with Crippen LogP contribution in [0.15, 0.2) is 0 Å². The zero-order valence-electron chi connectivity index (χ0n) is 11.2. The molecule has 0 aliphatic heterocycles.